The van der Waals surface area contributed by atoms with Gasteiger partial charge in [0.25, 0.3) is 0 Å². The van der Waals surface area contributed by atoms with Crippen LogP contribution in [0, 0.1) is 0 Å². The smallest absolute Gasteiger partial charge is 0.337 e. The Kier molecular flexibility index (Phi) is 1.75. The number of hydrogen-bond donors (Lipinski definition) is 1. The fourth-order valence-corrected chi connectivity index (χ4v) is 0.948. The molecule has 0 amide bonds. The molecule has 11 heavy (non-hydrogen) atoms. The van der Waals surface area contributed by atoms with Gasteiger partial charge in [-0.3, -0.25) is 9.59 Å². The molecular weight excluding hydrogens is 168 g/mol. The Labute approximate surface area is 68.3 Å². The zero-order chi connectivity index (χ0) is 8.65. The first-order valence-corrected chi connectivity index (χ1v) is 3.40. The molecule has 5 heteroatoms. The Bertz CT molecular complexity index is 247. The number of rotatable bonds is 1. The Balaban J connectivity index is 2.96. The van der Waals surface area contributed by atoms with Crippen LogP contribution in [-0.4, -0.2) is 22.5 Å². The van der Waals surface area contributed by atoms with E-state index in [0.717, 1.165) is 0 Å². The highest BCUT2D eigenvalue weighted by molar-refractivity contribution is 7.83. The van der Waals surface area contributed by atoms with Crippen molar-refractivity contribution in [2.24, 2.45) is 0 Å². The van der Waals surface area contributed by atoms with Crippen molar-refractivity contribution in [2.75, 3.05) is 0 Å². The molecule has 0 bridgehead atoms. The fraction of sp³-hybridized carbons (Fsp3) is 0.500. The van der Waals surface area contributed by atoms with Crippen LogP contribution in [0.3, 0.4) is 0 Å². The zero-order valence-corrected chi connectivity index (χ0v) is 6.68. The highest BCUT2D eigenvalue weighted by atomic mass is 32.1. The van der Waals surface area contributed by atoms with Crippen molar-refractivity contribution in [2.45, 2.75) is 18.1 Å². The van der Waals surface area contributed by atoms with Crippen molar-refractivity contribution in [3.63, 3.8) is 0 Å². The van der Waals surface area contributed by atoms with Crippen LogP contribution in [0.15, 0.2) is 0 Å². The van der Waals surface area contributed by atoms with Crippen molar-refractivity contribution in [1.82, 2.24) is 0 Å². The fourth-order valence-electron chi connectivity index (χ4n) is 0.773. The molecule has 1 heterocycles. The van der Waals surface area contributed by atoms with Gasteiger partial charge in [0.1, 0.15) is 0 Å². The molecule has 1 saturated heterocycles. The molecule has 1 atom stereocenters. The molecule has 1 fully saturated rings. The van der Waals surface area contributed by atoms with Crippen molar-refractivity contribution >= 4 is 30.4 Å². The van der Waals surface area contributed by atoms with Gasteiger partial charge in [0.05, 0.1) is 6.42 Å². The van der Waals surface area contributed by atoms with Crippen LogP contribution in [-0.2, 0) is 19.1 Å². The molecule has 1 rings (SSSR count). The molecule has 60 valence electrons. The van der Waals surface area contributed by atoms with Crippen LogP contribution in [0.1, 0.15) is 13.3 Å². The average Bonchev–Trinajstić information content (AvgIpc) is 2.08. The van der Waals surface area contributed by atoms with Gasteiger partial charge >= 0.3 is 11.9 Å². The molecule has 0 aromatic rings. The Morgan fingerprint density at radius 2 is 2.18 bits per heavy atom. The highest BCUT2D eigenvalue weighted by Crippen LogP contribution is 2.28. The first-order chi connectivity index (χ1) is 4.97. The predicted molar refractivity (Wildman–Crippen MR) is 38.1 cm³/mol. The second-order valence-corrected chi connectivity index (χ2v) is 3.12. The number of ether oxygens (including phenoxy) is 1. The molecule has 0 radical (unpaired) electrons. The summed E-state index contributed by atoms with van der Waals surface area (Å²) in [5, 5.41) is 0. The lowest BCUT2D eigenvalue weighted by Crippen LogP contribution is -2.35. The summed E-state index contributed by atoms with van der Waals surface area (Å²) >= 11 is 3.79. The number of carbonyl (C=O) groups excluding carboxylic acids is 3. The Hall–Kier alpha value is -0.840. The van der Waals surface area contributed by atoms with E-state index in [2.05, 4.69) is 17.4 Å². The van der Waals surface area contributed by atoms with E-state index in [1.165, 1.54) is 6.92 Å². The summed E-state index contributed by atoms with van der Waals surface area (Å²) in [4.78, 5) is 32.1. The first-order valence-electron chi connectivity index (χ1n) is 2.95. The maximum atomic E-state index is 10.8. The van der Waals surface area contributed by atoms with E-state index in [0.29, 0.717) is 0 Å². The summed E-state index contributed by atoms with van der Waals surface area (Å²) in [6.45, 7) is 1.20. The second kappa shape index (κ2) is 2.34. The molecule has 1 aliphatic heterocycles. The van der Waals surface area contributed by atoms with E-state index < -0.39 is 22.5 Å². The third-order valence-corrected chi connectivity index (χ3v) is 2.18. The summed E-state index contributed by atoms with van der Waals surface area (Å²) in [5.41, 5.74) is 0. The molecule has 0 aliphatic carbocycles. The molecule has 1 unspecified atom stereocenters. The van der Waals surface area contributed by atoms with Gasteiger partial charge in [-0.1, -0.05) is 0 Å². The topological polar surface area (TPSA) is 60.4 Å². The maximum Gasteiger partial charge on any atom is 0.337 e. The van der Waals surface area contributed by atoms with E-state index in [9.17, 15) is 14.4 Å². The number of carbonyl (C=O) groups is 3. The maximum absolute atomic E-state index is 10.8. The molecule has 0 N–H and O–H groups in total. The molecule has 4 nitrogen and oxygen atoms in total. The monoisotopic (exact) mass is 174 g/mol. The van der Waals surface area contributed by atoms with Crippen molar-refractivity contribution in [1.29, 1.82) is 0 Å². The number of esters is 2. The standard InChI is InChI=1S/C6H6O4S/c1-3(7)6(11)2-4(8)10-5(6)9/h11H,2H2,1H3. The molecule has 0 aromatic heterocycles. The van der Waals surface area contributed by atoms with Crippen molar-refractivity contribution in [3.05, 3.63) is 0 Å². The van der Waals surface area contributed by atoms with Gasteiger partial charge < -0.3 is 4.74 Å². The normalized spacial score (nSPS) is 30.4. The van der Waals surface area contributed by atoms with E-state index >= 15 is 0 Å². The second-order valence-electron chi connectivity index (χ2n) is 2.35. The number of hydrogen-bond acceptors (Lipinski definition) is 5. The summed E-state index contributed by atoms with van der Waals surface area (Å²) in [7, 11) is 0. The summed E-state index contributed by atoms with van der Waals surface area (Å²) in [6.07, 6.45) is -0.260. The lowest BCUT2D eigenvalue weighted by atomic mass is 10.0. The van der Waals surface area contributed by atoms with Crippen molar-refractivity contribution in [3.8, 4) is 0 Å². The van der Waals surface area contributed by atoms with E-state index in [1.807, 2.05) is 0 Å². The first kappa shape index (κ1) is 8.26. The van der Waals surface area contributed by atoms with Gasteiger partial charge in [0.15, 0.2) is 10.5 Å². The average molecular weight is 174 g/mol. The Morgan fingerprint density at radius 1 is 1.64 bits per heavy atom. The number of Topliss-reactive ketones (excluding diaryl/α,β-unsaturated/α-hetero) is 1. The van der Waals surface area contributed by atoms with Crippen molar-refractivity contribution < 1.29 is 19.1 Å². The van der Waals surface area contributed by atoms with Gasteiger partial charge in [-0.2, -0.15) is 12.6 Å². The van der Waals surface area contributed by atoms with Gasteiger partial charge in [-0.05, 0) is 6.92 Å². The molecular formula is C6H6O4S. The third-order valence-electron chi connectivity index (χ3n) is 1.53. The van der Waals surface area contributed by atoms with Gasteiger partial charge in [0.2, 0.25) is 0 Å². The highest BCUT2D eigenvalue weighted by Gasteiger charge is 2.50. The number of cyclic esters (lactones) is 2. The molecule has 1 aliphatic rings. The minimum absolute atomic E-state index is 0.260. The SMILES string of the molecule is CC(=O)C1(S)CC(=O)OC1=O. The van der Waals surface area contributed by atoms with E-state index in [1.54, 1.807) is 0 Å². The molecule has 0 aromatic carbocycles. The van der Waals surface area contributed by atoms with Gasteiger partial charge in [-0.25, -0.2) is 4.79 Å². The number of ketones is 1. The number of thiol groups is 1. The van der Waals surface area contributed by atoms with Gasteiger partial charge in [-0.15, -0.1) is 0 Å². The predicted octanol–water partition coefficient (Wildman–Crippen LogP) is -0.282. The molecule has 0 spiro atoms. The Morgan fingerprint density at radius 3 is 2.36 bits per heavy atom. The minimum Gasteiger partial charge on any atom is -0.392 e. The van der Waals surface area contributed by atoms with Crippen LogP contribution in [0.2, 0.25) is 0 Å². The summed E-state index contributed by atoms with van der Waals surface area (Å²) < 4.78 is 2.63. The van der Waals surface area contributed by atoms with E-state index in [-0.39, 0.29) is 6.42 Å². The van der Waals surface area contributed by atoms with Crippen LogP contribution in [0.5, 0.6) is 0 Å². The third kappa shape index (κ3) is 1.16. The summed E-state index contributed by atoms with van der Waals surface area (Å²) in [5.74, 6) is -2.02. The molecule has 0 saturated carbocycles. The summed E-state index contributed by atoms with van der Waals surface area (Å²) in [6, 6.07) is 0. The van der Waals surface area contributed by atoms with Crippen LogP contribution >= 0.6 is 12.6 Å². The van der Waals surface area contributed by atoms with Crippen LogP contribution in [0.25, 0.3) is 0 Å². The minimum atomic E-state index is -1.53. The van der Waals surface area contributed by atoms with E-state index in [4.69, 9.17) is 0 Å². The quantitative estimate of drug-likeness (QED) is 0.337. The van der Waals surface area contributed by atoms with Crippen LogP contribution in [0.4, 0.5) is 0 Å². The lowest BCUT2D eigenvalue weighted by molar-refractivity contribution is -0.152. The zero-order valence-electron chi connectivity index (χ0n) is 5.79. The van der Waals surface area contributed by atoms with Crippen LogP contribution < -0.4 is 0 Å². The largest absolute Gasteiger partial charge is 0.392 e. The lowest BCUT2D eigenvalue weighted by Gasteiger charge is -2.10. The van der Waals surface area contributed by atoms with Gasteiger partial charge in [0, 0.05) is 0 Å².